The normalized spacial score (nSPS) is 25.1. The second kappa shape index (κ2) is 2.97. The minimum absolute atomic E-state index is 0.0802. The van der Waals surface area contributed by atoms with E-state index in [1.807, 2.05) is 7.05 Å². The lowest BCUT2D eigenvalue weighted by Crippen LogP contribution is -2.66. The quantitative estimate of drug-likeness (QED) is 0.551. The van der Waals surface area contributed by atoms with Crippen molar-refractivity contribution in [1.82, 2.24) is 9.80 Å². The van der Waals surface area contributed by atoms with Gasteiger partial charge < -0.3 is 9.80 Å². The summed E-state index contributed by atoms with van der Waals surface area (Å²) in [5.41, 5.74) is -0.224. The molecule has 0 saturated carbocycles. The molecule has 2 rings (SSSR count). The first-order valence-electron chi connectivity index (χ1n) is 5.06. The molecule has 0 aromatic heterocycles. The third kappa shape index (κ3) is 1.21. The van der Waals surface area contributed by atoms with E-state index >= 15 is 0 Å². The van der Waals surface area contributed by atoms with Gasteiger partial charge in [-0.3, -0.25) is 9.59 Å². The van der Waals surface area contributed by atoms with Gasteiger partial charge in [0.25, 0.3) is 0 Å². The monoisotopic (exact) mass is 196 g/mol. The average molecular weight is 196 g/mol. The summed E-state index contributed by atoms with van der Waals surface area (Å²) in [6, 6.07) is 0. The first-order chi connectivity index (χ1) is 6.55. The van der Waals surface area contributed by atoms with Crippen LogP contribution in [0.25, 0.3) is 0 Å². The standard InChI is InChI=1S/C10H16N2O2/c1-8(13)12-6-10(7-12)4-3-5-11(2)9(10)14/h3-7H2,1-2H3. The Kier molecular flexibility index (Phi) is 2.01. The van der Waals surface area contributed by atoms with Crippen molar-refractivity contribution >= 4 is 11.8 Å². The van der Waals surface area contributed by atoms with Crippen LogP contribution in [0.5, 0.6) is 0 Å². The molecular weight excluding hydrogens is 180 g/mol. The van der Waals surface area contributed by atoms with Gasteiger partial charge in [-0.2, -0.15) is 0 Å². The fourth-order valence-corrected chi connectivity index (χ4v) is 2.47. The maximum Gasteiger partial charge on any atom is 0.232 e. The van der Waals surface area contributed by atoms with Crippen molar-refractivity contribution in [1.29, 1.82) is 0 Å². The lowest BCUT2D eigenvalue weighted by Gasteiger charge is -2.52. The van der Waals surface area contributed by atoms with Gasteiger partial charge in [0.15, 0.2) is 0 Å². The lowest BCUT2D eigenvalue weighted by molar-refractivity contribution is -0.163. The fourth-order valence-electron chi connectivity index (χ4n) is 2.47. The average Bonchev–Trinajstić information content (AvgIpc) is 2.05. The summed E-state index contributed by atoms with van der Waals surface area (Å²) in [6.45, 7) is 3.68. The molecule has 2 heterocycles. The van der Waals surface area contributed by atoms with Crippen LogP contribution in [-0.2, 0) is 9.59 Å². The van der Waals surface area contributed by atoms with Crippen LogP contribution in [0.2, 0.25) is 0 Å². The number of carbonyl (C=O) groups excluding carboxylic acids is 2. The molecule has 0 atom stereocenters. The van der Waals surface area contributed by atoms with Gasteiger partial charge in [0.05, 0.1) is 5.41 Å². The van der Waals surface area contributed by atoms with Crippen molar-refractivity contribution in [2.24, 2.45) is 5.41 Å². The van der Waals surface area contributed by atoms with Crippen molar-refractivity contribution in [3.05, 3.63) is 0 Å². The zero-order chi connectivity index (χ0) is 10.3. The minimum atomic E-state index is -0.224. The Morgan fingerprint density at radius 2 is 2.07 bits per heavy atom. The molecule has 0 unspecified atom stereocenters. The smallest absolute Gasteiger partial charge is 0.232 e. The van der Waals surface area contributed by atoms with Gasteiger partial charge in [0, 0.05) is 33.6 Å². The second-order valence-electron chi connectivity index (χ2n) is 4.49. The number of amides is 2. The zero-order valence-corrected chi connectivity index (χ0v) is 8.75. The van der Waals surface area contributed by atoms with Crippen molar-refractivity contribution in [3.63, 3.8) is 0 Å². The highest BCUT2D eigenvalue weighted by Crippen LogP contribution is 2.39. The Bertz CT molecular complexity index is 282. The molecular formula is C10H16N2O2. The molecule has 0 aromatic rings. The van der Waals surface area contributed by atoms with E-state index in [2.05, 4.69) is 0 Å². The van der Waals surface area contributed by atoms with E-state index in [0.29, 0.717) is 13.1 Å². The molecule has 2 amide bonds. The highest BCUT2D eigenvalue weighted by Gasteiger charge is 2.52. The summed E-state index contributed by atoms with van der Waals surface area (Å²) >= 11 is 0. The minimum Gasteiger partial charge on any atom is -0.345 e. The van der Waals surface area contributed by atoms with E-state index in [1.165, 1.54) is 0 Å². The zero-order valence-electron chi connectivity index (χ0n) is 8.75. The number of piperidine rings is 1. The molecule has 1 spiro atoms. The third-order valence-electron chi connectivity index (χ3n) is 3.38. The Morgan fingerprint density at radius 1 is 1.43 bits per heavy atom. The van der Waals surface area contributed by atoms with Crippen LogP contribution in [-0.4, -0.2) is 48.3 Å². The Hall–Kier alpha value is -1.06. The molecule has 0 bridgehead atoms. The lowest BCUT2D eigenvalue weighted by atomic mass is 9.72. The molecule has 0 aliphatic carbocycles. The molecule has 78 valence electrons. The van der Waals surface area contributed by atoms with E-state index in [1.54, 1.807) is 16.7 Å². The van der Waals surface area contributed by atoms with Gasteiger partial charge >= 0.3 is 0 Å². The largest absolute Gasteiger partial charge is 0.345 e. The summed E-state index contributed by atoms with van der Waals surface area (Å²) in [5.74, 6) is 0.304. The molecule has 14 heavy (non-hydrogen) atoms. The van der Waals surface area contributed by atoms with Crippen LogP contribution in [0.15, 0.2) is 0 Å². The second-order valence-corrected chi connectivity index (χ2v) is 4.49. The molecule has 4 heteroatoms. The molecule has 2 saturated heterocycles. The van der Waals surface area contributed by atoms with E-state index in [0.717, 1.165) is 19.4 Å². The van der Waals surface area contributed by atoms with Crippen molar-refractivity contribution in [3.8, 4) is 0 Å². The number of hydrogen-bond donors (Lipinski definition) is 0. The van der Waals surface area contributed by atoms with Crippen LogP contribution < -0.4 is 0 Å². The maximum absolute atomic E-state index is 11.9. The van der Waals surface area contributed by atoms with Gasteiger partial charge in [-0.05, 0) is 12.8 Å². The van der Waals surface area contributed by atoms with E-state index in [4.69, 9.17) is 0 Å². The van der Waals surface area contributed by atoms with Crippen molar-refractivity contribution in [2.75, 3.05) is 26.7 Å². The number of hydrogen-bond acceptors (Lipinski definition) is 2. The SMILES string of the molecule is CC(=O)N1CC2(CCCN(C)C2=O)C1. The van der Waals surface area contributed by atoms with E-state index < -0.39 is 0 Å². The topological polar surface area (TPSA) is 40.6 Å². The Morgan fingerprint density at radius 3 is 2.64 bits per heavy atom. The number of nitrogens with zero attached hydrogens (tertiary/aromatic N) is 2. The van der Waals surface area contributed by atoms with Gasteiger partial charge in [-0.15, -0.1) is 0 Å². The predicted molar refractivity (Wildman–Crippen MR) is 51.6 cm³/mol. The Balaban J connectivity index is 2.05. The summed E-state index contributed by atoms with van der Waals surface area (Å²) in [4.78, 5) is 26.5. The van der Waals surface area contributed by atoms with Crippen LogP contribution in [0.3, 0.4) is 0 Å². The number of carbonyl (C=O) groups is 2. The molecule has 4 nitrogen and oxygen atoms in total. The summed E-state index contributed by atoms with van der Waals surface area (Å²) in [6.07, 6.45) is 2.01. The van der Waals surface area contributed by atoms with Crippen LogP contribution in [0, 0.1) is 5.41 Å². The molecule has 0 radical (unpaired) electrons. The predicted octanol–water partition coefficient (Wildman–Crippen LogP) is 0.0871. The number of likely N-dealkylation sites (tertiary alicyclic amines) is 2. The van der Waals surface area contributed by atoms with Gasteiger partial charge in [0.2, 0.25) is 11.8 Å². The van der Waals surface area contributed by atoms with Crippen molar-refractivity contribution < 1.29 is 9.59 Å². The fraction of sp³-hybridized carbons (Fsp3) is 0.800. The van der Waals surface area contributed by atoms with Gasteiger partial charge in [0.1, 0.15) is 0 Å². The Labute approximate surface area is 83.9 Å². The van der Waals surface area contributed by atoms with Crippen LogP contribution in [0.4, 0.5) is 0 Å². The van der Waals surface area contributed by atoms with Gasteiger partial charge in [-0.25, -0.2) is 0 Å². The first-order valence-corrected chi connectivity index (χ1v) is 5.06. The maximum atomic E-state index is 11.9. The molecule has 2 aliphatic rings. The van der Waals surface area contributed by atoms with Gasteiger partial charge in [-0.1, -0.05) is 0 Å². The van der Waals surface area contributed by atoms with E-state index in [9.17, 15) is 9.59 Å². The van der Waals surface area contributed by atoms with Crippen LogP contribution >= 0.6 is 0 Å². The summed E-state index contributed by atoms with van der Waals surface area (Å²) < 4.78 is 0. The highest BCUT2D eigenvalue weighted by molar-refractivity contribution is 5.87. The molecule has 0 N–H and O–H groups in total. The number of rotatable bonds is 0. The van der Waals surface area contributed by atoms with Crippen molar-refractivity contribution in [2.45, 2.75) is 19.8 Å². The molecule has 2 aliphatic heterocycles. The molecule has 0 aromatic carbocycles. The van der Waals surface area contributed by atoms with E-state index in [-0.39, 0.29) is 17.2 Å². The first kappa shape index (κ1) is 9.49. The third-order valence-corrected chi connectivity index (χ3v) is 3.38. The highest BCUT2D eigenvalue weighted by atomic mass is 16.2. The van der Waals surface area contributed by atoms with Crippen LogP contribution in [0.1, 0.15) is 19.8 Å². The summed E-state index contributed by atoms with van der Waals surface area (Å²) in [5, 5.41) is 0. The molecule has 2 fully saturated rings. The summed E-state index contributed by atoms with van der Waals surface area (Å²) in [7, 11) is 1.85.